The maximum Gasteiger partial charge on any atom is 0.00630 e. The molecule has 0 radical (unpaired) electrons. The van der Waals surface area contributed by atoms with Crippen LogP contribution in [0.4, 0.5) is 0 Å². The summed E-state index contributed by atoms with van der Waals surface area (Å²) in [6.07, 6.45) is 7.51. The van der Waals surface area contributed by atoms with Gasteiger partial charge in [0.15, 0.2) is 0 Å². The van der Waals surface area contributed by atoms with Gasteiger partial charge in [-0.1, -0.05) is 39.2 Å². The third-order valence-electron chi connectivity index (χ3n) is 0.719. The van der Waals surface area contributed by atoms with E-state index in [0.29, 0.717) is 0 Å². The molecule has 0 bridgehead atoms. The lowest BCUT2D eigenvalue weighted by Gasteiger charge is -1.88. The summed E-state index contributed by atoms with van der Waals surface area (Å²) in [4.78, 5) is 1.15. The van der Waals surface area contributed by atoms with Gasteiger partial charge < -0.3 is 11.0 Å². The summed E-state index contributed by atoms with van der Waals surface area (Å²) < 4.78 is 0. The van der Waals surface area contributed by atoms with Crippen molar-refractivity contribution in [2.24, 2.45) is 0 Å². The van der Waals surface area contributed by atoms with Gasteiger partial charge in [-0.25, -0.2) is 0 Å². The molecule has 0 aromatic rings. The van der Waals surface area contributed by atoms with E-state index in [-0.39, 0.29) is 11.0 Å². The van der Waals surface area contributed by atoms with Crippen LogP contribution in [0, 0.1) is 0 Å². The molecule has 0 unspecified atom stereocenters. The Morgan fingerprint density at radius 3 is 1.67 bits per heavy atom. The van der Waals surface area contributed by atoms with Gasteiger partial charge in [-0.2, -0.15) is 0 Å². The molecule has 12 heavy (non-hydrogen) atoms. The normalized spacial score (nSPS) is 7.75. The minimum Gasteiger partial charge on any atom is -0.412 e. The molecule has 4 N–H and O–H groups in total. The summed E-state index contributed by atoms with van der Waals surface area (Å²) in [6.45, 7) is 11.2. The molecular weight excluding hydrogens is 172 g/mol. The van der Waals surface area contributed by atoms with Crippen LogP contribution in [0.5, 0.6) is 0 Å². The first-order valence-corrected chi connectivity index (χ1v) is 4.56. The lowest BCUT2D eigenvalue weighted by Crippen LogP contribution is -1.61. The van der Waals surface area contributed by atoms with Crippen LogP contribution in [0.25, 0.3) is 0 Å². The average Bonchev–Trinajstić information content (AvgIpc) is 2.04. The summed E-state index contributed by atoms with van der Waals surface area (Å²) >= 11 is 1.67. The molecule has 0 aliphatic heterocycles. The summed E-state index contributed by atoms with van der Waals surface area (Å²) in [5.41, 5.74) is 0. The molecular formula is C9H20O2S. The Morgan fingerprint density at radius 2 is 1.58 bits per heavy atom. The highest BCUT2D eigenvalue weighted by atomic mass is 32.2. The molecule has 0 fully saturated rings. The number of allylic oxidation sites excluding steroid dienone is 3. The molecule has 0 rings (SSSR count). The van der Waals surface area contributed by atoms with Crippen LogP contribution >= 0.6 is 11.8 Å². The Bertz CT molecular complexity index is 120. The Hall–Kier alpha value is -0.510. The highest BCUT2D eigenvalue weighted by Crippen LogP contribution is 2.10. The van der Waals surface area contributed by atoms with Crippen molar-refractivity contribution in [1.29, 1.82) is 0 Å². The van der Waals surface area contributed by atoms with Crippen molar-refractivity contribution in [3.63, 3.8) is 0 Å². The molecule has 0 aromatic heterocycles. The van der Waals surface area contributed by atoms with Gasteiger partial charge in [0.25, 0.3) is 0 Å². The molecule has 0 aromatic carbocycles. The number of rotatable bonds is 3. The van der Waals surface area contributed by atoms with Crippen molar-refractivity contribution in [2.75, 3.05) is 6.26 Å². The van der Waals surface area contributed by atoms with E-state index in [9.17, 15) is 0 Å². The fourth-order valence-electron chi connectivity index (χ4n) is 0.336. The summed E-state index contributed by atoms with van der Waals surface area (Å²) in [7, 11) is 0. The third kappa shape index (κ3) is 16.2. The maximum absolute atomic E-state index is 3.61. The minimum absolute atomic E-state index is 0. The van der Waals surface area contributed by atoms with Gasteiger partial charge in [0.05, 0.1) is 0 Å². The zero-order valence-corrected chi connectivity index (χ0v) is 8.87. The first kappa shape index (κ1) is 22.5. The van der Waals surface area contributed by atoms with E-state index in [0.717, 1.165) is 4.91 Å². The van der Waals surface area contributed by atoms with Gasteiger partial charge in [-0.05, 0) is 12.3 Å². The zero-order valence-electron chi connectivity index (χ0n) is 8.05. The molecule has 0 saturated carbocycles. The fraction of sp³-hybridized carbons (Fsp3) is 0.333. The Kier molecular flexibility index (Phi) is 42.1. The molecule has 0 heterocycles. The molecule has 3 heteroatoms. The van der Waals surface area contributed by atoms with Crippen LogP contribution in [0.3, 0.4) is 0 Å². The molecule has 74 valence electrons. The lowest BCUT2D eigenvalue weighted by atomic mass is 10.5. The van der Waals surface area contributed by atoms with Crippen LogP contribution in [-0.4, -0.2) is 17.2 Å². The second kappa shape index (κ2) is 22.4. The monoisotopic (exact) mass is 192 g/mol. The summed E-state index contributed by atoms with van der Waals surface area (Å²) in [5.74, 6) is 0. The van der Waals surface area contributed by atoms with Gasteiger partial charge in [-0.15, -0.1) is 11.8 Å². The number of thioether (sulfide) groups is 1. The van der Waals surface area contributed by atoms with E-state index in [2.05, 4.69) is 13.2 Å². The smallest absolute Gasteiger partial charge is 0.00630 e. The SMILES string of the molecule is C=C/C=C(\C=C)SC.CC.O.O. The van der Waals surface area contributed by atoms with Gasteiger partial charge >= 0.3 is 0 Å². The quantitative estimate of drug-likeness (QED) is 0.631. The topological polar surface area (TPSA) is 63.0 Å². The van der Waals surface area contributed by atoms with Crippen molar-refractivity contribution in [1.82, 2.24) is 0 Å². The second-order valence-electron chi connectivity index (χ2n) is 1.21. The van der Waals surface area contributed by atoms with Crippen molar-refractivity contribution >= 4 is 11.8 Å². The van der Waals surface area contributed by atoms with Crippen LogP contribution in [0.15, 0.2) is 36.3 Å². The third-order valence-corrected chi connectivity index (χ3v) is 1.49. The number of hydrogen-bond donors (Lipinski definition) is 0. The minimum atomic E-state index is 0. The number of hydrogen-bond acceptors (Lipinski definition) is 1. The fourth-order valence-corrected chi connectivity index (χ4v) is 0.735. The van der Waals surface area contributed by atoms with Crippen LogP contribution in [0.2, 0.25) is 0 Å². The Balaban J connectivity index is -0.0000000740. The highest BCUT2D eigenvalue weighted by molar-refractivity contribution is 8.02. The molecule has 0 atom stereocenters. The first-order valence-electron chi connectivity index (χ1n) is 3.34. The molecule has 0 aliphatic rings. The summed E-state index contributed by atoms with van der Waals surface area (Å²) in [6, 6.07) is 0. The van der Waals surface area contributed by atoms with E-state index < -0.39 is 0 Å². The predicted octanol–water partition coefficient (Wildman–Crippen LogP) is 1.98. The van der Waals surface area contributed by atoms with Gasteiger partial charge in [0, 0.05) is 4.91 Å². The molecule has 2 nitrogen and oxygen atoms in total. The standard InChI is InChI=1S/C7H10S.C2H6.2H2O/c1-4-6-7(5-2)8-3;1-2;;/h4-6H,1-2H2,3H3;1-2H3;2*1H2/b7-6+;;;. The van der Waals surface area contributed by atoms with Gasteiger partial charge in [-0.3, -0.25) is 0 Å². The molecule has 0 saturated heterocycles. The maximum atomic E-state index is 3.61. The van der Waals surface area contributed by atoms with Gasteiger partial charge in [0.2, 0.25) is 0 Å². The van der Waals surface area contributed by atoms with Crippen molar-refractivity contribution < 1.29 is 11.0 Å². The zero-order chi connectivity index (χ0) is 8.41. The van der Waals surface area contributed by atoms with Crippen LogP contribution in [0.1, 0.15) is 13.8 Å². The Labute approximate surface area is 79.7 Å². The molecule has 0 amide bonds. The van der Waals surface area contributed by atoms with E-state index in [4.69, 9.17) is 0 Å². The van der Waals surface area contributed by atoms with E-state index in [1.54, 1.807) is 17.8 Å². The largest absolute Gasteiger partial charge is 0.412 e. The van der Waals surface area contributed by atoms with Gasteiger partial charge in [0.1, 0.15) is 0 Å². The van der Waals surface area contributed by atoms with Crippen molar-refractivity contribution in [3.05, 3.63) is 36.3 Å². The van der Waals surface area contributed by atoms with Crippen LogP contribution < -0.4 is 0 Å². The predicted molar refractivity (Wildman–Crippen MR) is 60.6 cm³/mol. The first-order chi connectivity index (χ1) is 4.85. The second-order valence-corrected chi connectivity index (χ2v) is 2.09. The average molecular weight is 192 g/mol. The van der Waals surface area contributed by atoms with Crippen molar-refractivity contribution in [2.45, 2.75) is 13.8 Å². The highest BCUT2D eigenvalue weighted by Gasteiger charge is 1.79. The molecule has 0 aliphatic carbocycles. The van der Waals surface area contributed by atoms with Crippen molar-refractivity contribution in [3.8, 4) is 0 Å². The Morgan fingerprint density at radius 1 is 1.17 bits per heavy atom. The molecule has 0 spiro atoms. The lowest BCUT2D eigenvalue weighted by molar-refractivity contribution is 0.823. The van der Waals surface area contributed by atoms with Crippen LogP contribution in [-0.2, 0) is 0 Å². The van der Waals surface area contributed by atoms with E-state index in [1.807, 2.05) is 32.3 Å². The van der Waals surface area contributed by atoms with E-state index in [1.165, 1.54) is 0 Å². The van der Waals surface area contributed by atoms with E-state index >= 15 is 0 Å². The summed E-state index contributed by atoms with van der Waals surface area (Å²) in [5, 5.41) is 0.